The van der Waals surface area contributed by atoms with E-state index in [1.807, 2.05) is 32.0 Å². The molecule has 0 aliphatic rings. The summed E-state index contributed by atoms with van der Waals surface area (Å²) in [5.74, 6) is 0.834. The predicted molar refractivity (Wildman–Crippen MR) is 81.2 cm³/mol. The molecule has 0 aromatic heterocycles. The lowest BCUT2D eigenvalue weighted by molar-refractivity contribution is 0.242. The molecular formula is C13H22N6O. The molecule has 0 saturated carbocycles. The molecule has 1 rings (SSSR count). The molecule has 0 bridgehead atoms. The molecule has 20 heavy (non-hydrogen) atoms. The van der Waals surface area contributed by atoms with Gasteiger partial charge in [0.15, 0.2) is 11.9 Å². The van der Waals surface area contributed by atoms with Crippen molar-refractivity contribution >= 4 is 11.9 Å². The Balaban J connectivity index is 3.00. The second kappa shape index (κ2) is 7.22. The van der Waals surface area contributed by atoms with Gasteiger partial charge in [0, 0.05) is 0 Å². The Kier molecular flexibility index (Phi) is 5.64. The van der Waals surface area contributed by atoms with E-state index in [2.05, 4.69) is 9.98 Å². The summed E-state index contributed by atoms with van der Waals surface area (Å²) in [6, 6.07) is 5.73. The number of nitrogens with two attached hydrogens (primary N) is 4. The topological polar surface area (TPSA) is 138 Å². The molecule has 0 aliphatic carbocycles. The number of aliphatic imine (C=N–C) groups is 2. The second-order valence-electron chi connectivity index (χ2n) is 4.63. The van der Waals surface area contributed by atoms with E-state index in [1.54, 1.807) is 0 Å². The Bertz CT molecular complexity index is 463. The largest absolute Gasteiger partial charge is 0.491 e. The van der Waals surface area contributed by atoms with Crippen LogP contribution in [-0.4, -0.2) is 18.0 Å². The number of rotatable bonds is 6. The first-order valence-electron chi connectivity index (χ1n) is 6.27. The molecule has 0 atom stereocenters. The highest BCUT2D eigenvalue weighted by atomic mass is 16.5. The molecular weight excluding hydrogens is 256 g/mol. The molecule has 1 aromatic rings. The van der Waals surface area contributed by atoms with Crippen LogP contribution in [-0.2, 0) is 13.1 Å². The minimum atomic E-state index is 0.0472. The van der Waals surface area contributed by atoms with Crippen LogP contribution in [0.2, 0.25) is 0 Å². The lowest BCUT2D eigenvalue weighted by Crippen LogP contribution is -2.22. The molecule has 7 heteroatoms. The van der Waals surface area contributed by atoms with Crippen LogP contribution in [0.4, 0.5) is 0 Å². The van der Waals surface area contributed by atoms with Gasteiger partial charge >= 0.3 is 0 Å². The quantitative estimate of drug-likeness (QED) is 0.429. The Hall–Kier alpha value is -2.44. The highest BCUT2D eigenvalue weighted by molar-refractivity contribution is 5.76. The van der Waals surface area contributed by atoms with Crippen LogP contribution >= 0.6 is 0 Å². The minimum Gasteiger partial charge on any atom is -0.491 e. The van der Waals surface area contributed by atoms with Gasteiger partial charge in [-0.25, -0.2) is 9.98 Å². The fraction of sp³-hybridized carbons (Fsp3) is 0.385. The average molecular weight is 278 g/mol. The van der Waals surface area contributed by atoms with E-state index < -0.39 is 0 Å². The van der Waals surface area contributed by atoms with Crippen molar-refractivity contribution in [3.05, 3.63) is 29.3 Å². The maximum Gasteiger partial charge on any atom is 0.186 e. The van der Waals surface area contributed by atoms with Crippen molar-refractivity contribution in [2.24, 2.45) is 32.9 Å². The summed E-state index contributed by atoms with van der Waals surface area (Å²) in [5.41, 5.74) is 23.2. The number of hydrogen-bond donors (Lipinski definition) is 4. The van der Waals surface area contributed by atoms with Gasteiger partial charge in [0.05, 0.1) is 19.2 Å². The van der Waals surface area contributed by atoms with Gasteiger partial charge in [-0.05, 0) is 37.1 Å². The zero-order chi connectivity index (χ0) is 15.1. The van der Waals surface area contributed by atoms with Crippen molar-refractivity contribution in [1.82, 2.24) is 0 Å². The zero-order valence-corrected chi connectivity index (χ0v) is 11.8. The summed E-state index contributed by atoms with van der Waals surface area (Å²) >= 11 is 0. The normalized spacial score (nSPS) is 10.2. The molecule has 0 saturated heterocycles. The Morgan fingerprint density at radius 1 is 0.950 bits per heavy atom. The number of hydrogen-bond acceptors (Lipinski definition) is 3. The van der Waals surface area contributed by atoms with E-state index in [-0.39, 0.29) is 18.0 Å². The standard InChI is InChI=1S/C13H22N6O/c1-8(2)20-11-4-9(6-18-12(14)15)3-10(5-11)7-19-13(16)17/h3-5,8H,6-7H2,1-2H3,(H4,14,15,18)(H4,16,17,19). The highest BCUT2D eigenvalue weighted by Crippen LogP contribution is 2.20. The molecule has 0 fully saturated rings. The molecule has 110 valence electrons. The zero-order valence-electron chi connectivity index (χ0n) is 11.8. The van der Waals surface area contributed by atoms with Gasteiger partial charge in [0.1, 0.15) is 5.75 Å². The summed E-state index contributed by atoms with van der Waals surface area (Å²) < 4.78 is 5.69. The molecule has 0 amide bonds. The van der Waals surface area contributed by atoms with E-state index in [1.165, 1.54) is 0 Å². The van der Waals surface area contributed by atoms with Crippen LogP contribution in [0.1, 0.15) is 25.0 Å². The first kappa shape index (κ1) is 15.6. The predicted octanol–water partition coefficient (Wildman–Crippen LogP) is 0.0206. The van der Waals surface area contributed by atoms with Gasteiger partial charge in [-0.1, -0.05) is 6.07 Å². The average Bonchev–Trinajstić information content (AvgIpc) is 2.33. The van der Waals surface area contributed by atoms with Crippen molar-refractivity contribution in [2.45, 2.75) is 33.0 Å². The third-order valence-corrected chi connectivity index (χ3v) is 2.29. The first-order valence-corrected chi connectivity index (χ1v) is 6.27. The SMILES string of the molecule is CC(C)Oc1cc(CN=C(N)N)cc(CN=C(N)N)c1. The molecule has 1 aromatic carbocycles. The van der Waals surface area contributed by atoms with Gasteiger partial charge in [-0.15, -0.1) is 0 Å². The van der Waals surface area contributed by atoms with Crippen LogP contribution in [0.3, 0.4) is 0 Å². The monoisotopic (exact) mass is 278 g/mol. The van der Waals surface area contributed by atoms with Gasteiger partial charge in [0.25, 0.3) is 0 Å². The fourth-order valence-electron chi connectivity index (χ4n) is 1.62. The summed E-state index contributed by atoms with van der Waals surface area (Å²) in [4.78, 5) is 7.97. The van der Waals surface area contributed by atoms with E-state index in [0.29, 0.717) is 13.1 Å². The van der Waals surface area contributed by atoms with Crippen LogP contribution in [0.5, 0.6) is 5.75 Å². The molecule has 0 aliphatic heterocycles. The summed E-state index contributed by atoms with van der Waals surface area (Å²) in [7, 11) is 0. The number of benzene rings is 1. The van der Waals surface area contributed by atoms with Gasteiger partial charge in [0.2, 0.25) is 0 Å². The molecule has 0 unspecified atom stereocenters. The Labute approximate surface area is 118 Å². The second-order valence-corrected chi connectivity index (χ2v) is 4.63. The van der Waals surface area contributed by atoms with Crippen molar-refractivity contribution in [3.63, 3.8) is 0 Å². The Morgan fingerprint density at radius 3 is 1.75 bits per heavy atom. The lowest BCUT2D eigenvalue weighted by atomic mass is 10.1. The number of guanidine groups is 2. The molecule has 0 heterocycles. The summed E-state index contributed by atoms with van der Waals surface area (Å²) in [5, 5.41) is 0. The van der Waals surface area contributed by atoms with Crippen molar-refractivity contribution in [1.29, 1.82) is 0 Å². The summed E-state index contributed by atoms with van der Waals surface area (Å²) in [6.45, 7) is 4.68. The van der Waals surface area contributed by atoms with Gasteiger partial charge < -0.3 is 27.7 Å². The van der Waals surface area contributed by atoms with Gasteiger partial charge in [-0.3, -0.25) is 0 Å². The maximum atomic E-state index is 5.69. The first-order chi connectivity index (χ1) is 9.36. The number of ether oxygens (including phenoxy) is 1. The molecule has 8 N–H and O–H groups in total. The molecule has 0 radical (unpaired) electrons. The minimum absolute atomic E-state index is 0.0472. The van der Waals surface area contributed by atoms with Crippen molar-refractivity contribution < 1.29 is 4.74 Å². The summed E-state index contributed by atoms with van der Waals surface area (Å²) in [6.07, 6.45) is 0.0734. The fourth-order valence-corrected chi connectivity index (χ4v) is 1.62. The van der Waals surface area contributed by atoms with Crippen molar-refractivity contribution in [3.8, 4) is 5.75 Å². The van der Waals surface area contributed by atoms with Crippen molar-refractivity contribution in [2.75, 3.05) is 0 Å². The smallest absolute Gasteiger partial charge is 0.186 e. The van der Waals surface area contributed by atoms with Crippen LogP contribution < -0.4 is 27.7 Å². The number of nitrogens with zero attached hydrogens (tertiary/aromatic N) is 2. The maximum absolute atomic E-state index is 5.69. The molecule has 0 spiro atoms. The third-order valence-electron chi connectivity index (χ3n) is 2.29. The van der Waals surface area contributed by atoms with E-state index in [0.717, 1.165) is 16.9 Å². The lowest BCUT2D eigenvalue weighted by Gasteiger charge is -2.12. The van der Waals surface area contributed by atoms with Gasteiger partial charge in [-0.2, -0.15) is 0 Å². The Morgan fingerprint density at radius 2 is 1.40 bits per heavy atom. The van der Waals surface area contributed by atoms with E-state index >= 15 is 0 Å². The van der Waals surface area contributed by atoms with Crippen LogP contribution in [0.15, 0.2) is 28.2 Å². The van der Waals surface area contributed by atoms with E-state index in [4.69, 9.17) is 27.7 Å². The third kappa shape index (κ3) is 5.94. The molecule has 7 nitrogen and oxygen atoms in total. The van der Waals surface area contributed by atoms with Crippen LogP contribution in [0, 0.1) is 0 Å². The van der Waals surface area contributed by atoms with Crippen LogP contribution in [0.25, 0.3) is 0 Å². The van der Waals surface area contributed by atoms with E-state index in [9.17, 15) is 0 Å². The highest BCUT2D eigenvalue weighted by Gasteiger charge is 2.04.